The molecular weight excluding hydrogens is 850 g/mol. The molecule has 0 fully saturated rings. The van der Waals surface area contributed by atoms with Gasteiger partial charge in [-0.3, -0.25) is 23.2 Å². The molecule has 14 nitrogen and oxygen atoms in total. The van der Waals surface area contributed by atoms with Crippen LogP contribution in [0, 0.1) is 5.92 Å². The predicted molar refractivity (Wildman–Crippen MR) is 250 cm³/mol. The van der Waals surface area contributed by atoms with Gasteiger partial charge in [0.2, 0.25) is 0 Å². The minimum atomic E-state index is -4.87. The highest BCUT2D eigenvalue weighted by Crippen LogP contribution is 2.43. The smallest absolute Gasteiger partial charge is 0.462 e. The summed E-state index contributed by atoms with van der Waals surface area (Å²) in [7, 11) is -9.70. The molecule has 0 aliphatic heterocycles. The van der Waals surface area contributed by atoms with Crippen LogP contribution in [0.1, 0.15) is 187 Å². The van der Waals surface area contributed by atoms with Crippen molar-refractivity contribution < 1.29 is 66.7 Å². The first-order valence-corrected chi connectivity index (χ1v) is 26.9. The maximum Gasteiger partial charge on any atom is 0.472 e. The minimum absolute atomic E-state index is 0.110. The van der Waals surface area contributed by atoms with Crippen molar-refractivity contribution in [1.82, 2.24) is 0 Å². The number of rotatable bonds is 45. The summed E-state index contributed by atoms with van der Waals surface area (Å²) >= 11 is 0. The molecule has 63 heavy (non-hydrogen) atoms. The maximum atomic E-state index is 12.7. The zero-order valence-corrected chi connectivity index (χ0v) is 40.6. The summed E-state index contributed by atoms with van der Waals surface area (Å²) < 4.78 is 47.8. The molecule has 0 radical (unpaired) electrons. The third-order valence-corrected chi connectivity index (χ3v) is 11.7. The van der Waals surface area contributed by atoms with Crippen LogP contribution in [-0.2, 0) is 41.8 Å². The van der Waals surface area contributed by atoms with Crippen LogP contribution < -0.4 is 0 Å². The lowest BCUT2D eigenvalue weighted by atomic mass is 9.99. The Bertz CT molecular complexity index is 1310. The number of allylic oxidation sites excluding steroid dienone is 8. The van der Waals surface area contributed by atoms with Crippen LogP contribution in [0.15, 0.2) is 48.6 Å². The lowest BCUT2D eigenvalue weighted by molar-refractivity contribution is -0.161. The number of aliphatic hydroxyl groups excluding tert-OH is 2. The fourth-order valence-electron chi connectivity index (χ4n) is 6.30. The second-order valence-electron chi connectivity index (χ2n) is 16.4. The van der Waals surface area contributed by atoms with Gasteiger partial charge in [-0.05, 0) is 63.7 Å². The van der Waals surface area contributed by atoms with Crippen molar-refractivity contribution in [2.24, 2.45) is 5.92 Å². The topological polar surface area (TPSA) is 216 Å². The number of phosphoric ester groups is 2. The Morgan fingerprint density at radius 2 is 0.984 bits per heavy atom. The van der Waals surface area contributed by atoms with E-state index in [0.29, 0.717) is 19.3 Å². The molecule has 0 spiro atoms. The highest BCUT2D eigenvalue weighted by atomic mass is 31.2. The first-order chi connectivity index (χ1) is 30.3. The average Bonchev–Trinajstić information content (AvgIpc) is 3.24. The Morgan fingerprint density at radius 3 is 1.51 bits per heavy atom. The number of aliphatic hydroxyl groups is 2. The number of carbonyl (C=O) groups excluding carboxylic acids is 2. The van der Waals surface area contributed by atoms with Crippen LogP contribution in [0.25, 0.3) is 0 Å². The van der Waals surface area contributed by atoms with Gasteiger partial charge in [-0.2, -0.15) is 0 Å². The number of ether oxygens (including phenoxy) is 2. The standard InChI is InChI=1S/C47H86O14P2/c1-3-43(2)35-31-27-23-19-15-11-8-9-13-17-21-25-29-33-37-47(51)61-45(42-60-63(55,56)59-40-44(49)39-58-62(52,53)54)41-57-46(50)36-32-28-24-20-16-12-7-5-4-6-10-14-18-22-26-30-34-38-48/h4,6-7,12,14,18,20,24,43-45,48-49H,3,5,8-11,13,15-17,19,21-23,25-42H2,1-2H3,(H,55,56)(H2,52,53,54)/b6-4-,12-7-,18-14-,24-20-/t43?,44-,45+/m0/s1. The Labute approximate surface area is 380 Å². The number of phosphoric acid groups is 2. The summed E-state index contributed by atoms with van der Waals surface area (Å²) in [4.78, 5) is 52.8. The Kier molecular flexibility index (Phi) is 41.3. The van der Waals surface area contributed by atoms with E-state index < -0.39 is 66.2 Å². The normalized spacial score (nSPS) is 14.8. The van der Waals surface area contributed by atoms with Crippen LogP contribution in [0.4, 0.5) is 0 Å². The molecule has 0 heterocycles. The quantitative estimate of drug-likeness (QED) is 0.0166. The van der Waals surface area contributed by atoms with Crippen molar-refractivity contribution in [2.75, 3.05) is 33.0 Å². The average molecular weight is 937 g/mol. The van der Waals surface area contributed by atoms with Crippen molar-refractivity contribution >= 4 is 27.6 Å². The number of hydrogen-bond acceptors (Lipinski definition) is 11. The maximum absolute atomic E-state index is 12.7. The zero-order valence-electron chi connectivity index (χ0n) is 38.8. The van der Waals surface area contributed by atoms with E-state index >= 15 is 0 Å². The van der Waals surface area contributed by atoms with Crippen LogP contribution in [0.3, 0.4) is 0 Å². The van der Waals surface area contributed by atoms with E-state index in [0.717, 1.165) is 70.1 Å². The molecule has 16 heteroatoms. The first-order valence-electron chi connectivity index (χ1n) is 23.8. The number of carbonyl (C=O) groups is 2. The van der Waals surface area contributed by atoms with Gasteiger partial charge < -0.3 is 34.4 Å². The van der Waals surface area contributed by atoms with Gasteiger partial charge in [0.25, 0.3) is 0 Å². The van der Waals surface area contributed by atoms with Gasteiger partial charge in [0.1, 0.15) is 12.7 Å². The summed E-state index contributed by atoms with van der Waals surface area (Å²) in [5.41, 5.74) is 0. The van der Waals surface area contributed by atoms with Crippen LogP contribution >= 0.6 is 15.6 Å². The van der Waals surface area contributed by atoms with Crippen molar-refractivity contribution in [3.05, 3.63) is 48.6 Å². The molecule has 0 aromatic carbocycles. The Balaban J connectivity index is 4.53. The van der Waals surface area contributed by atoms with E-state index in [2.05, 4.69) is 59.4 Å². The lowest BCUT2D eigenvalue weighted by Crippen LogP contribution is -2.30. The third-order valence-electron chi connectivity index (χ3n) is 10.3. The summed E-state index contributed by atoms with van der Waals surface area (Å²) in [6, 6.07) is 0. The molecule has 0 aromatic heterocycles. The van der Waals surface area contributed by atoms with Gasteiger partial charge in [-0.25, -0.2) is 9.13 Å². The van der Waals surface area contributed by atoms with Gasteiger partial charge in [0.15, 0.2) is 6.10 Å². The van der Waals surface area contributed by atoms with Crippen molar-refractivity contribution in [3.63, 3.8) is 0 Å². The fraction of sp³-hybridized carbons (Fsp3) is 0.787. The molecule has 4 atom stereocenters. The van der Waals surface area contributed by atoms with E-state index in [1.165, 1.54) is 77.0 Å². The summed E-state index contributed by atoms with van der Waals surface area (Å²) in [6.45, 7) is 2.08. The first kappa shape index (κ1) is 61.0. The molecule has 0 saturated carbocycles. The molecule has 0 aromatic rings. The highest BCUT2D eigenvalue weighted by molar-refractivity contribution is 7.47. The molecule has 2 unspecified atom stereocenters. The predicted octanol–water partition coefficient (Wildman–Crippen LogP) is 11.5. The number of esters is 2. The van der Waals surface area contributed by atoms with Gasteiger partial charge in [-0.15, -0.1) is 0 Å². The van der Waals surface area contributed by atoms with Crippen LogP contribution in [-0.4, -0.2) is 82.1 Å². The SMILES string of the molecule is CCC(C)CCCCCCCCCCCCCCCCC(=O)O[C@H](COC(=O)CCC/C=C\C/C=C\C/C=C\C/C=C\CCCCCO)COP(=O)(O)OC[C@@H](O)COP(=O)(O)O. The van der Waals surface area contributed by atoms with Gasteiger partial charge >= 0.3 is 27.6 Å². The monoisotopic (exact) mass is 937 g/mol. The minimum Gasteiger partial charge on any atom is -0.462 e. The number of unbranched alkanes of at least 4 members (excludes halogenated alkanes) is 17. The van der Waals surface area contributed by atoms with Crippen LogP contribution in [0.2, 0.25) is 0 Å². The largest absolute Gasteiger partial charge is 0.472 e. The summed E-state index contributed by atoms with van der Waals surface area (Å²) in [5, 5.41) is 18.6. The van der Waals surface area contributed by atoms with Crippen molar-refractivity contribution in [1.29, 1.82) is 0 Å². The van der Waals surface area contributed by atoms with Crippen molar-refractivity contribution in [3.8, 4) is 0 Å². The molecule has 0 rings (SSSR count). The third kappa shape index (κ3) is 46.4. The Morgan fingerprint density at radius 1 is 0.540 bits per heavy atom. The second kappa shape index (κ2) is 42.7. The zero-order chi connectivity index (χ0) is 46.7. The number of hydrogen-bond donors (Lipinski definition) is 5. The van der Waals surface area contributed by atoms with Gasteiger partial charge in [-0.1, -0.05) is 165 Å². The molecule has 368 valence electrons. The molecular formula is C47H86O14P2. The van der Waals surface area contributed by atoms with E-state index in [-0.39, 0.29) is 19.4 Å². The van der Waals surface area contributed by atoms with Crippen LogP contribution in [0.5, 0.6) is 0 Å². The Hall–Kier alpha value is -1.96. The van der Waals surface area contributed by atoms with Gasteiger partial charge in [0, 0.05) is 19.4 Å². The van der Waals surface area contributed by atoms with Crippen molar-refractivity contribution in [2.45, 2.75) is 199 Å². The molecule has 0 saturated heterocycles. The summed E-state index contributed by atoms with van der Waals surface area (Å²) in [6.07, 6.45) is 41.1. The fourth-order valence-corrected chi connectivity index (χ4v) is 7.45. The molecule has 0 amide bonds. The summed E-state index contributed by atoms with van der Waals surface area (Å²) in [5.74, 6) is -0.252. The second-order valence-corrected chi connectivity index (χ2v) is 19.0. The van der Waals surface area contributed by atoms with E-state index in [1.807, 2.05) is 12.2 Å². The highest BCUT2D eigenvalue weighted by Gasteiger charge is 2.28. The van der Waals surface area contributed by atoms with Gasteiger partial charge in [0.05, 0.1) is 19.8 Å². The van der Waals surface area contributed by atoms with E-state index in [4.69, 9.17) is 28.9 Å². The molecule has 0 aliphatic carbocycles. The van der Waals surface area contributed by atoms with E-state index in [9.17, 15) is 28.7 Å². The molecule has 0 aliphatic rings. The molecule has 0 bridgehead atoms. The molecule has 5 N–H and O–H groups in total. The lowest BCUT2D eigenvalue weighted by Gasteiger charge is -2.20. The van der Waals surface area contributed by atoms with E-state index in [1.54, 1.807) is 0 Å².